The van der Waals surface area contributed by atoms with E-state index in [1.807, 2.05) is 24.3 Å². The third kappa shape index (κ3) is 5.35. The summed E-state index contributed by atoms with van der Waals surface area (Å²) in [5, 5.41) is 8.33. The van der Waals surface area contributed by atoms with Crippen molar-refractivity contribution in [3.05, 3.63) is 59.5 Å². The molecular weight excluding hydrogens is 426 g/mol. The maximum absolute atomic E-state index is 12.8. The van der Waals surface area contributed by atoms with Crippen molar-refractivity contribution in [2.75, 3.05) is 31.5 Å². The molecule has 0 saturated heterocycles. The van der Waals surface area contributed by atoms with Crippen molar-refractivity contribution in [2.24, 2.45) is 0 Å². The predicted molar refractivity (Wildman–Crippen MR) is 116 cm³/mol. The average Bonchev–Trinajstić information content (AvgIpc) is 3.27. The molecule has 0 radical (unpaired) electrons. The van der Waals surface area contributed by atoms with Crippen molar-refractivity contribution >= 4 is 49.6 Å². The zero-order valence-corrected chi connectivity index (χ0v) is 17.8. The van der Waals surface area contributed by atoms with Crippen molar-refractivity contribution in [3.63, 3.8) is 0 Å². The maximum atomic E-state index is 12.8. The fourth-order valence-electron chi connectivity index (χ4n) is 2.73. The first-order valence-corrected chi connectivity index (χ1v) is 11.4. The molecule has 0 spiro atoms. The van der Waals surface area contributed by atoms with Gasteiger partial charge in [0.25, 0.3) is 15.9 Å². The molecule has 1 heterocycles. The second-order valence-corrected chi connectivity index (χ2v) is 9.16. The van der Waals surface area contributed by atoms with Crippen LogP contribution in [0.1, 0.15) is 10.4 Å². The first-order valence-electron chi connectivity index (χ1n) is 9.03. The fourth-order valence-corrected chi connectivity index (χ4v) is 4.80. The van der Waals surface area contributed by atoms with Crippen molar-refractivity contribution < 1.29 is 22.7 Å². The van der Waals surface area contributed by atoms with E-state index in [4.69, 9.17) is 4.74 Å². The highest BCUT2D eigenvalue weighted by Gasteiger charge is 2.20. The Morgan fingerprint density at radius 3 is 2.43 bits per heavy atom. The van der Waals surface area contributed by atoms with Gasteiger partial charge in [-0.2, -0.15) is 0 Å². The lowest BCUT2D eigenvalue weighted by molar-refractivity contribution is -0.120. The summed E-state index contributed by atoms with van der Waals surface area (Å²) in [4.78, 5) is 24.6. The van der Waals surface area contributed by atoms with Gasteiger partial charge in [-0.05, 0) is 34.4 Å². The van der Waals surface area contributed by atoms with Crippen molar-refractivity contribution in [3.8, 4) is 0 Å². The third-order valence-corrected chi connectivity index (χ3v) is 6.94. The van der Waals surface area contributed by atoms with Crippen LogP contribution >= 0.6 is 11.3 Å². The van der Waals surface area contributed by atoms with Gasteiger partial charge in [0.1, 0.15) is 4.21 Å². The largest absolute Gasteiger partial charge is 0.383 e. The minimum Gasteiger partial charge on any atom is -0.383 e. The summed E-state index contributed by atoms with van der Waals surface area (Å²) in [6.07, 6.45) is 0. The lowest BCUT2D eigenvalue weighted by Crippen LogP contribution is -2.38. The number of carbonyl (C=O) groups is 2. The normalized spacial score (nSPS) is 11.2. The highest BCUT2D eigenvalue weighted by molar-refractivity contribution is 7.94. The summed E-state index contributed by atoms with van der Waals surface area (Å²) in [7, 11) is -2.33. The van der Waals surface area contributed by atoms with Crippen molar-refractivity contribution in [1.29, 1.82) is 0 Å². The fraction of sp³-hybridized carbons (Fsp3) is 0.200. The molecule has 3 N–H and O–H groups in total. The molecule has 0 bridgehead atoms. The summed E-state index contributed by atoms with van der Waals surface area (Å²) in [5.41, 5.74) is 0.262. The molecule has 2 amide bonds. The second-order valence-electron chi connectivity index (χ2n) is 6.31. The molecular formula is C20H21N3O5S2. The lowest BCUT2D eigenvalue weighted by atomic mass is 10.0. The third-order valence-electron chi connectivity index (χ3n) is 4.17. The molecule has 8 nitrogen and oxygen atoms in total. The van der Waals surface area contributed by atoms with E-state index in [-0.39, 0.29) is 27.9 Å². The summed E-state index contributed by atoms with van der Waals surface area (Å²) >= 11 is 1.08. The number of ether oxygens (including phenoxy) is 1. The number of hydrogen-bond acceptors (Lipinski definition) is 6. The van der Waals surface area contributed by atoms with Gasteiger partial charge < -0.3 is 15.4 Å². The number of thiophene rings is 1. The Morgan fingerprint density at radius 2 is 1.77 bits per heavy atom. The number of hydrogen-bond donors (Lipinski definition) is 3. The number of anilines is 1. The van der Waals surface area contributed by atoms with Crippen LogP contribution in [0.3, 0.4) is 0 Å². The number of sulfonamides is 1. The number of nitrogens with one attached hydrogen (secondary N) is 3. The van der Waals surface area contributed by atoms with Crippen LogP contribution in [0.4, 0.5) is 5.69 Å². The monoisotopic (exact) mass is 447 g/mol. The molecule has 0 saturated carbocycles. The Hall–Kier alpha value is -2.95. The van der Waals surface area contributed by atoms with E-state index >= 15 is 0 Å². The van der Waals surface area contributed by atoms with Gasteiger partial charge in [-0.25, -0.2) is 8.42 Å². The van der Waals surface area contributed by atoms with Crippen LogP contribution in [-0.4, -0.2) is 47.0 Å². The first-order chi connectivity index (χ1) is 14.4. The molecule has 30 heavy (non-hydrogen) atoms. The molecule has 0 aliphatic rings. The van der Waals surface area contributed by atoms with Crippen LogP contribution in [0.2, 0.25) is 0 Å². The number of rotatable bonds is 9. The van der Waals surface area contributed by atoms with E-state index in [2.05, 4.69) is 15.4 Å². The predicted octanol–water partition coefficient (Wildman–Crippen LogP) is 2.19. The molecule has 10 heteroatoms. The minimum atomic E-state index is -3.85. The van der Waals surface area contributed by atoms with Crippen LogP contribution in [0, 0.1) is 0 Å². The van der Waals surface area contributed by atoms with Gasteiger partial charge in [0.05, 0.1) is 24.4 Å². The van der Waals surface area contributed by atoms with Gasteiger partial charge >= 0.3 is 0 Å². The zero-order chi connectivity index (χ0) is 21.6. The number of fused-ring (bicyclic) bond motifs is 1. The van der Waals surface area contributed by atoms with E-state index < -0.39 is 15.9 Å². The van der Waals surface area contributed by atoms with Gasteiger partial charge in [-0.15, -0.1) is 11.3 Å². The lowest BCUT2D eigenvalue weighted by Gasteiger charge is -2.14. The molecule has 0 atom stereocenters. The number of carbonyl (C=O) groups excluding carboxylic acids is 2. The Morgan fingerprint density at radius 1 is 1.03 bits per heavy atom. The first kappa shape index (κ1) is 21.8. The van der Waals surface area contributed by atoms with Gasteiger partial charge in [0.15, 0.2) is 0 Å². The molecule has 0 unspecified atom stereocenters. The number of amides is 2. The van der Waals surface area contributed by atoms with Crippen molar-refractivity contribution in [1.82, 2.24) is 10.6 Å². The van der Waals surface area contributed by atoms with Gasteiger partial charge in [-0.1, -0.05) is 30.3 Å². The number of methoxy groups -OCH3 is 1. The highest BCUT2D eigenvalue weighted by Crippen LogP contribution is 2.27. The van der Waals surface area contributed by atoms with E-state index in [0.717, 1.165) is 22.1 Å². The van der Waals surface area contributed by atoms with Crippen LogP contribution in [0.5, 0.6) is 0 Å². The van der Waals surface area contributed by atoms with Crippen LogP contribution in [0.15, 0.2) is 58.1 Å². The maximum Gasteiger partial charge on any atom is 0.271 e. The van der Waals surface area contributed by atoms with Gasteiger partial charge in [0, 0.05) is 13.7 Å². The molecule has 1 aromatic heterocycles. The second kappa shape index (κ2) is 9.70. The molecule has 0 aliphatic carbocycles. The Labute approximate surface area is 178 Å². The van der Waals surface area contributed by atoms with E-state index in [0.29, 0.717) is 13.2 Å². The highest BCUT2D eigenvalue weighted by atomic mass is 32.2. The smallest absolute Gasteiger partial charge is 0.271 e. The standard InChI is InChI=1S/C20H21N3O5S2/c1-28-9-8-21-18(24)13-22-20(25)16-11-14-5-2-3-6-15(14)12-17(16)23-30(26,27)19-7-4-10-29-19/h2-7,10-12,23H,8-9,13H2,1H3,(H,21,24)(H,22,25). The SMILES string of the molecule is COCCNC(=O)CNC(=O)c1cc2ccccc2cc1NS(=O)(=O)c1cccs1. The minimum absolute atomic E-state index is 0.124. The average molecular weight is 448 g/mol. The summed E-state index contributed by atoms with van der Waals surface area (Å²) in [5.74, 6) is -0.937. The van der Waals surface area contributed by atoms with E-state index in [9.17, 15) is 18.0 Å². The van der Waals surface area contributed by atoms with Gasteiger partial charge in [0.2, 0.25) is 5.91 Å². The number of benzene rings is 2. The Bertz CT molecular complexity index is 1140. The molecule has 3 rings (SSSR count). The van der Waals surface area contributed by atoms with E-state index in [1.54, 1.807) is 23.6 Å². The molecule has 2 aromatic carbocycles. The summed E-state index contributed by atoms with van der Waals surface area (Å²) in [6.45, 7) is 0.443. The summed E-state index contributed by atoms with van der Waals surface area (Å²) < 4.78 is 32.8. The topological polar surface area (TPSA) is 114 Å². The molecule has 3 aromatic rings. The zero-order valence-electron chi connectivity index (χ0n) is 16.2. The molecule has 0 fully saturated rings. The van der Waals surface area contributed by atoms with Crippen LogP contribution < -0.4 is 15.4 Å². The summed E-state index contributed by atoms with van der Waals surface area (Å²) in [6, 6.07) is 13.6. The molecule has 0 aliphatic heterocycles. The molecule has 158 valence electrons. The van der Waals surface area contributed by atoms with Gasteiger partial charge in [-0.3, -0.25) is 14.3 Å². The van der Waals surface area contributed by atoms with Crippen LogP contribution in [-0.2, 0) is 19.6 Å². The van der Waals surface area contributed by atoms with E-state index in [1.165, 1.54) is 13.2 Å². The van der Waals surface area contributed by atoms with Crippen LogP contribution in [0.25, 0.3) is 10.8 Å². The Balaban J connectivity index is 1.86. The van der Waals surface area contributed by atoms with Crippen molar-refractivity contribution in [2.45, 2.75) is 4.21 Å². The Kier molecular flexibility index (Phi) is 7.03. The quantitative estimate of drug-likeness (QED) is 0.435.